The molecule has 40 valence electrons. The van der Waals surface area contributed by atoms with E-state index in [2.05, 4.69) is 8.93 Å². The predicted octanol–water partition coefficient (Wildman–Crippen LogP) is 4.14. The van der Waals surface area contributed by atoms with Crippen molar-refractivity contribution in [1.82, 2.24) is 0 Å². The van der Waals surface area contributed by atoms with E-state index in [1.165, 1.54) is 0 Å². The molecule has 0 aromatic rings. The van der Waals surface area contributed by atoms with Crippen LogP contribution in [0.1, 0.15) is 0 Å². The van der Waals surface area contributed by atoms with Crippen LogP contribution in [0.25, 0.3) is 0 Å². The quantitative estimate of drug-likeness (QED) is 0.504. The Morgan fingerprint density at radius 3 is 1.67 bits per heavy atom. The van der Waals surface area contributed by atoms with Gasteiger partial charge in [-0.15, -0.1) is 0 Å². The van der Waals surface area contributed by atoms with Crippen LogP contribution in [0.4, 0.5) is 0 Å². The van der Waals surface area contributed by atoms with Crippen molar-refractivity contribution in [3.8, 4) is 0 Å². The van der Waals surface area contributed by atoms with Gasteiger partial charge in [-0.2, -0.15) is 0 Å². The van der Waals surface area contributed by atoms with E-state index in [1.54, 1.807) is 0 Å². The zero-order valence-electron chi connectivity index (χ0n) is 2.54. The van der Waals surface area contributed by atoms with Gasteiger partial charge in [0.2, 0.25) is 0 Å². The number of hydrogen-bond donors (Lipinski definition) is 0. The Balaban J connectivity index is 2.99. The van der Waals surface area contributed by atoms with Crippen LogP contribution < -0.4 is 0 Å². The van der Waals surface area contributed by atoms with E-state index in [1.807, 2.05) is 0 Å². The van der Waals surface area contributed by atoms with Crippen molar-refractivity contribution in [3.63, 3.8) is 0 Å². The Hall–Kier alpha value is 2.46. The van der Waals surface area contributed by atoms with Gasteiger partial charge in [-0.3, -0.25) is 0 Å². The molecule has 2 atom stereocenters. The Kier molecular flexibility index (Phi) is 6.13. The number of halogens is 4. The fourth-order valence-corrected chi connectivity index (χ4v) is 0. The SMILES string of the molecule is PP(Cl)I(Cl)Cl. The van der Waals surface area contributed by atoms with E-state index in [9.17, 15) is 0 Å². The molecule has 0 aromatic carbocycles. The average molecular weight is 297 g/mol. The second-order valence-electron chi connectivity index (χ2n) is 0.441. The summed E-state index contributed by atoms with van der Waals surface area (Å²) in [5, 5.41) is 0. The summed E-state index contributed by atoms with van der Waals surface area (Å²) < 4.78 is -0.583. The zero-order chi connectivity index (χ0) is 5.15. The van der Waals surface area contributed by atoms with Crippen LogP contribution in [0.3, 0.4) is 0 Å². The van der Waals surface area contributed by atoms with Crippen molar-refractivity contribution >= 4 is 59.6 Å². The van der Waals surface area contributed by atoms with Crippen LogP contribution in [-0.4, -0.2) is 0 Å². The summed E-state index contributed by atoms with van der Waals surface area (Å²) >= 11 is 3.80. The average Bonchev–Trinajstić information content (AvgIpc) is 1.36. The van der Waals surface area contributed by atoms with Crippen LogP contribution >= 0.6 is 59.6 Å². The van der Waals surface area contributed by atoms with Crippen molar-refractivity contribution in [2.24, 2.45) is 0 Å². The van der Waals surface area contributed by atoms with E-state index < -0.39 is 21.6 Å². The maximum atomic E-state index is 5.45. The molecule has 6 heavy (non-hydrogen) atoms. The molecule has 0 aliphatic heterocycles. The van der Waals surface area contributed by atoms with E-state index in [-0.39, 0.29) is 0 Å². The van der Waals surface area contributed by atoms with Crippen LogP contribution in [0, 0.1) is 0 Å². The van der Waals surface area contributed by atoms with Crippen LogP contribution in [0.15, 0.2) is 0 Å². The van der Waals surface area contributed by atoms with Crippen molar-refractivity contribution in [3.05, 3.63) is 0 Å². The van der Waals surface area contributed by atoms with Gasteiger partial charge in [0.05, 0.1) is 0 Å². The third kappa shape index (κ3) is 4.61. The molecule has 0 aromatic heterocycles. The molecule has 0 saturated carbocycles. The molecule has 0 heterocycles. The van der Waals surface area contributed by atoms with Gasteiger partial charge in [0.1, 0.15) is 0 Å². The molecule has 0 N–H and O–H groups in total. The Labute approximate surface area is 59.1 Å². The van der Waals surface area contributed by atoms with Gasteiger partial charge < -0.3 is 0 Å². The molecule has 0 spiro atoms. The molecule has 0 radical (unpaired) electrons. The molecule has 0 amide bonds. The first-order valence-corrected chi connectivity index (χ1v) is 13.0. The molecule has 0 aliphatic carbocycles. The van der Waals surface area contributed by atoms with Crippen LogP contribution in [0.5, 0.6) is 0 Å². The Morgan fingerprint density at radius 2 is 1.67 bits per heavy atom. The second-order valence-corrected chi connectivity index (χ2v) is 23.4. The molecule has 2 unspecified atom stereocenters. The molecule has 0 nitrogen and oxygen atoms in total. The van der Waals surface area contributed by atoms with Crippen molar-refractivity contribution < 1.29 is 0 Å². The van der Waals surface area contributed by atoms with Gasteiger partial charge in [-0.1, -0.05) is 0 Å². The second kappa shape index (κ2) is 4.35. The summed E-state index contributed by atoms with van der Waals surface area (Å²) in [6, 6.07) is 0. The zero-order valence-corrected chi connectivity index (χ0v) is 9.01. The van der Waals surface area contributed by atoms with Crippen molar-refractivity contribution in [2.45, 2.75) is 0 Å². The monoisotopic (exact) mass is 296 g/mol. The molecule has 0 rings (SSSR count). The van der Waals surface area contributed by atoms with E-state index in [4.69, 9.17) is 29.1 Å². The first-order valence-electron chi connectivity index (χ1n) is 0.882. The summed E-state index contributed by atoms with van der Waals surface area (Å²) in [4.78, 5) is 0. The van der Waals surface area contributed by atoms with Gasteiger partial charge in [-0.25, -0.2) is 0 Å². The molecule has 6 heteroatoms. The molecule has 0 saturated heterocycles. The Morgan fingerprint density at radius 1 is 1.50 bits per heavy atom. The summed E-state index contributed by atoms with van der Waals surface area (Å²) in [6.45, 7) is 0. The summed E-state index contributed by atoms with van der Waals surface area (Å²) in [5.74, 6) is 0. The van der Waals surface area contributed by atoms with Crippen molar-refractivity contribution in [2.75, 3.05) is 0 Å². The molecule has 0 fully saturated rings. The minimum absolute atomic E-state index is 0.583. The van der Waals surface area contributed by atoms with Gasteiger partial charge >= 0.3 is 59.6 Å². The molecular formula is H2Cl3IP2. The number of hydrogen-bond acceptors (Lipinski definition) is 0. The Bertz CT molecular complexity index is 29.8. The van der Waals surface area contributed by atoms with Crippen molar-refractivity contribution in [1.29, 1.82) is 0 Å². The first kappa shape index (κ1) is 8.46. The topological polar surface area (TPSA) is 0 Å². The molecule has 0 aliphatic rings. The summed E-state index contributed by atoms with van der Waals surface area (Å²) in [5.41, 5.74) is 0. The van der Waals surface area contributed by atoms with Crippen LogP contribution in [0.2, 0.25) is 0 Å². The number of rotatable bonds is 1. The van der Waals surface area contributed by atoms with E-state index in [0.717, 1.165) is 0 Å². The van der Waals surface area contributed by atoms with Crippen LogP contribution in [-0.2, 0) is 0 Å². The van der Waals surface area contributed by atoms with E-state index in [0.29, 0.717) is 0 Å². The standard InChI is InChI=1S/Cl3H2IP2/c1-4(2)6(3)5/h5H2. The van der Waals surface area contributed by atoms with Gasteiger partial charge in [0.15, 0.2) is 0 Å². The summed E-state index contributed by atoms with van der Waals surface area (Å²) in [6.07, 6.45) is 0. The van der Waals surface area contributed by atoms with Gasteiger partial charge in [0.25, 0.3) is 0 Å². The predicted molar refractivity (Wildman–Crippen MR) is 48.2 cm³/mol. The fraction of sp³-hybridized carbons (Fsp3) is 0. The molecule has 0 bridgehead atoms. The third-order valence-electron chi connectivity index (χ3n) is 0.122. The normalized spacial score (nSPS) is 17.0. The summed E-state index contributed by atoms with van der Waals surface area (Å²) in [7, 11) is 13.2. The minimum atomic E-state index is -1.65. The first-order chi connectivity index (χ1) is 2.64. The van der Waals surface area contributed by atoms with Gasteiger partial charge in [0, 0.05) is 0 Å². The third-order valence-corrected chi connectivity index (χ3v) is 22.1. The molecular weight excluding hydrogens is 295 g/mol. The maximum absolute atomic E-state index is 5.45. The fourth-order valence-electron chi connectivity index (χ4n) is 0. The van der Waals surface area contributed by atoms with E-state index >= 15 is 0 Å². The van der Waals surface area contributed by atoms with Gasteiger partial charge in [-0.05, 0) is 0 Å².